The molecule has 3 heterocycles. The van der Waals surface area contributed by atoms with E-state index >= 15 is 0 Å². The molecule has 2 saturated heterocycles. The first-order chi connectivity index (χ1) is 16.5. The fourth-order valence-electron chi connectivity index (χ4n) is 4.34. The minimum atomic E-state index is -3.60. The molecule has 5 rings (SSSR count). The Balaban J connectivity index is 1.47. The van der Waals surface area contributed by atoms with E-state index in [9.17, 15) is 13.7 Å². The first kappa shape index (κ1) is 23.3. The van der Waals surface area contributed by atoms with Gasteiger partial charge in [-0.25, -0.2) is 13.4 Å². The van der Waals surface area contributed by atoms with Crippen LogP contribution in [0.5, 0.6) is 0 Å². The van der Waals surface area contributed by atoms with E-state index in [1.165, 1.54) is 4.31 Å². The van der Waals surface area contributed by atoms with Crippen LogP contribution in [-0.2, 0) is 31.8 Å². The number of hydrogen-bond donors (Lipinski definition) is 0. The Labute approximate surface area is 203 Å². The van der Waals surface area contributed by atoms with E-state index in [0.29, 0.717) is 49.7 Å². The Morgan fingerprint density at radius 2 is 2.00 bits per heavy atom. The van der Waals surface area contributed by atoms with E-state index in [1.807, 2.05) is 24.3 Å². The number of benzene rings is 2. The largest absolute Gasteiger partial charge is 0.379 e. The number of hydrogen-bond acceptors (Lipinski definition) is 7. The van der Waals surface area contributed by atoms with E-state index in [0.717, 1.165) is 35.7 Å². The second kappa shape index (κ2) is 10.1. The third-order valence-electron chi connectivity index (χ3n) is 6.13. The van der Waals surface area contributed by atoms with Gasteiger partial charge in [-0.1, -0.05) is 23.9 Å². The summed E-state index contributed by atoms with van der Waals surface area (Å²) in [4.78, 5) is 5.08. The summed E-state index contributed by atoms with van der Waals surface area (Å²) in [7, 11) is -3.60. The standard InChI is InChI=1S/C24H26N4O4S2/c25-15-18-3-1-4-19(13-18)17-33-24-26-22-14-21(34(29,30)27-8-11-31-12-9-27)6-7-23(22)28(24)16-20-5-2-10-32-20/h1,3-4,6-7,13-14,20H,2,5,8-12,16-17H2/t20-/m1/s1. The molecule has 1 aromatic heterocycles. The Hall–Kier alpha value is -2.42. The van der Waals surface area contributed by atoms with Gasteiger partial charge in [-0.05, 0) is 48.7 Å². The summed E-state index contributed by atoms with van der Waals surface area (Å²) in [6, 6.07) is 14.9. The minimum Gasteiger partial charge on any atom is -0.379 e. The predicted octanol–water partition coefficient (Wildman–Crippen LogP) is 3.40. The number of imidazole rings is 1. The summed E-state index contributed by atoms with van der Waals surface area (Å²) in [5.41, 5.74) is 3.21. The molecular formula is C24H26N4O4S2. The minimum absolute atomic E-state index is 0.121. The van der Waals surface area contributed by atoms with Gasteiger partial charge in [0, 0.05) is 25.4 Å². The van der Waals surface area contributed by atoms with Gasteiger partial charge in [0.1, 0.15) is 0 Å². The summed E-state index contributed by atoms with van der Waals surface area (Å²) >= 11 is 1.58. The van der Waals surface area contributed by atoms with Crippen LogP contribution >= 0.6 is 11.8 Å². The van der Waals surface area contributed by atoms with E-state index in [1.54, 1.807) is 30.0 Å². The average Bonchev–Trinajstić information content (AvgIpc) is 3.51. The van der Waals surface area contributed by atoms with Crippen molar-refractivity contribution in [1.29, 1.82) is 5.26 Å². The van der Waals surface area contributed by atoms with Crippen molar-refractivity contribution in [3.63, 3.8) is 0 Å². The molecule has 0 saturated carbocycles. The van der Waals surface area contributed by atoms with Crippen LogP contribution in [0.2, 0.25) is 0 Å². The molecule has 0 bridgehead atoms. The molecule has 34 heavy (non-hydrogen) atoms. The maximum atomic E-state index is 13.2. The SMILES string of the molecule is N#Cc1cccc(CSc2nc3cc(S(=O)(=O)N4CCOCC4)ccc3n2C[C@H]2CCCO2)c1. The molecule has 10 heteroatoms. The number of thioether (sulfide) groups is 1. The molecule has 2 aliphatic heterocycles. The Kier molecular flexibility index (Phi) is 6.90. The van der Waals surface area contributed by atoms with E-state index in [-0.39, 0.29) is 11.0 Å². The van der Waals surface area contributed by atoms with Gasteiger partial charge in [0.15, 0.2) is 5.16 Å². The van der Waals surface area contributed by atoms with Crippen molar-refractivity contribution in [3.05, 3.63) is 53.6 Å². The highest BCUT2D eigenvalue weighted by Gasteiger charge is 2.27. The van der Waals surface area contributed by atoms with Crippen molar-refractivity contribution >= 4 is 32.8 Å². The van der Waals surface area contributed by atoms with Crippen molar-refractivity contribution in [2.75, 3.05) is 32.9 Å². The second-order valence-electron chi connectivity index (χ2n) is 8.41. The number of rotatable bonds is 7. The highest BCUT2D eigenvalue weighted by molar-refractivity contribution is 7.98. The smallest absolute Gasteiger partial charge is 0.243 e. The topological polar surface area (TPSA) is 97.5 Å². The molecule has 0 aliphatic carbocycles. The number of nitrogens with zero attached hydrogens (tertiary/aromatic N) is 4. The predicted molar refractivity (Wildman–Crippen MR) is 129 cm³/mol. The molecule has 0 N–H and O–H groups in total. The van der Waals surface area contributed by atoms with Gasteiger partial charge in [-0.2, -0.15) is 9.57 Å². The van der Waals surface area contributed by atoms with Crippen molar-refractivity contribution in [3.8, 4) is 6.07 Å². The van der Waals surface area contributed by atoms with Crippen LogP contribution in [0.3, 0.4) is 0 Å². The summed E-state index contributed by atoms with van der Waals surface area (Å²) in [5, 5.41) is 10.00. The lowest BCUT2D eigenvalue weighted by molar-refractivity contribution is 0.0730. The van der Waals surface area contributed by atoms with Crippen molar-refractivity contribution in [1.82, 2.24) is 13.9 Å². The molecule has 2 fully saturated rings. The van der Waals surface area contributed by atoms with Crippen LogP contribution in [0.25, 0.3) is 11.0 Å². The van der Waals surface area contributed by atoms with Gasteiger partial charge in [0.25, 0.3) is 0 Å². The van der Waals surface area contributed by atoms with Crippen molar-refractivity contribution in [2.24, 2.45) is 0 Å². The van der Waals surface area contributed by atoms with Crippen LogP contribution in [-0.4, -0.2) is 61.3 Å². The number of aromatic nitrogens is 2. The first-order valence-corrected chi connectivity index (χ1v) is 13.8. The molecule has 2 aliphatic rings. The van der Waals surface area contributed by atoms with E-state index in [2.05, 4.69) is 10.6 Å². The monoisotopic (exact) mass is 498 g/mol. The quantitative estimate of drug-likeness (QED) is 0.461. The molecule has 2 aromatic carbocycles. The first-order valence-electron chi connectivity index (χ1n) is 11.4. The lowest BCUT2D eigenvalue weighted by atomic mass is 10.2. The summed E-state index contributed by atoms with van der Waals surface area (Å²) in [5.74, 6) is 0.656. The van der Waals surface area contributed by atoms with Crippen LogP contribution in [0, 0.1) is 11.3 Å². The zero-order chi connectivity index (χ0) is 23.5. The Bertz CT molecular complexity index is 1320. The van der Waals surface area contributed by atoms with Gasteiger partial charge in [-0.3, -0.25) is 0 Å². The molecule has 0 unspecified atom stereocenters. The highest BCUT2D eigenvalue weighted by Crippen LogP contribution is 2.31. The van der Waals surface area contributed by atoms with Crippen LogP contribution in [0.4, 0.5) is 0 Å². The number of nitriles is 1. The summed E-state index contributed by atoms with van der Waals surface area (Å²) in [6.45, 7) is 2.97. The molecule has 3 aromatic rings. The molecular weight excluding hydrogens is 472 g/mol. The fourth-order valence-corrected chi connectivity index (χ4v) is 6.74. The number of fused-ring (bicyclic) bond motifs is 1. The van der Waals surface area contributed by atoms with Gasteiger partial charge < -0.3 is 14.0 Å². The van der Waals surface area contributed by atoms with Gasteiger partial charge in [-0.15, -0.1) is 0 Å². The zero-order valence-electron chi connectivity index (χ0n) is 18.7. The number of sulfonamides is 1. The molecule has 178 valence electrons. The van der Waals surface area contributed by atoms with Gasteiger partial charge in [0.05, 0.1) is 53.4 Å². The summed E-state index contributed by atoms with van der Waals surface area (Å²) < 4.78 is 41.1. The van der Waals surface area contributed by atoms with Gasteiger partial charge in [0.2, 0.25) is 10.0 Å². The second-order valence-corrected chi connectivity index (χ2v) is 11.3. The number of ether oxygens (including phenoxy) is 2. The molecule has 0 spiro atoms. The third kappa shape index (κ3) is 4.85. The average molecular weight is 499 g/mol. The maximum absolute atomic E-state index is 13.2. The van der Waals surface area contributed by atoms with Crippen LogP contribution in [0.1, 0.15) is 24.0 Å². The van der Waals surface area contributed by atoms with Crippen LogP contribution in [0.15, 0.2) is 52.5 Å². The molecule has 1 atom stereocenters. The van der Waals surface area contributed by atoms with Crippen molar-refractivity contribution in [2.45, 2.75) is 41.3 Å². The number of morpholine rings is 1. The van der Waals surface area contributed by atoms with Crippen LogP contribution < -0.4 is 0 Å². The lowest BCUT2D eigenvalue weighted by Crippen LogP contribution is -2.40. The zero-order valence-corrected chi connectivity index (χ0v) is 20.4. The lowest BCUT2D eigenvalue weighted by Gasteiger charge is -2.26. The Morgan fingerprint density at radius 3 is 2.76 bits per heavy atom. The molecule has 0 radical (unpaired) electrons. The van der Waals surface area contributed by atoms with E-state index in [4.69, 9.17) is 14.5 Å². The van der Waals surface area contributed by atoms with E-state index < -0.39 is 10.0 Å². The van der Waals surface area contributed by atoms with Gasteiger partial charge >= 0.3 is 0 Å². The normalized spacial score (nSPS) is 19.4. The van der Waals surface area contributed by atoms with Crippen molar-refractivity contribution < 1.29 is 17.9 Å². The maximum Gasteiger partial charge on any atom is 0.243 e. The third-order valence-corrected chi connectivity index (χ3v) is 9.07. The Morgan fingerprint density at radius 1 is 1.15 bits per heavy atom. The molecule has 0 amide bonds. The molecule has 8 nitrogen and oxygen atoms in total. The fraction of sp³-hybridized carbons (Fsp3) is 0.417. The highest BCUT2D eigenvalue weighted by atomic mass is 32.2. The summed E-state index contributed by atoms with van der Waals surface area (Å²) in [6.07, 6.45) is 2.16.